The predicted octanol–water partition coefficient (Wildman–Crippen LogP) is 8.06. The van der Waals surface area contributed by atoms with E-state index in [1.807, 2.05) is 24.5 Å². The summed E-state index contributed by atoms with van der Waals surface area (Å²) >= 11 is 0. The Morgan fingerprint density at radius 3 is 1.85 bits per heavy atom. The van der Waals surface area contributed by atoms with E-state index in [9.17, 15) is 13.2 Å². The fourth-order valence-corrected chi connectivity index (χ4v) is 6.13. The lowest BCUT2D eigenvalue weighted by atomic mass is 9.76. The van der Waals surface area contributed by atoms with E-state index >= 15 is 0 Å². The van der Waals surface area contributed by atoms with E-state index in [0.717, 1.165) is 53.8 Å². The Kier molecular flexibility index (Phi) is 7.50. The van der Waals surface area contributed by atoms with E-state index < -0.39 is 17.3 Å². The van der Waals surface area contributed by atoms with Crippen LogP contribution in [0.2, 0.25) is 0 Å². The molecule has 3 nitrogen and oxygen atoms in total. The molecule has 1 aliphatic carbocycles. The Labute approximate surface area is 238 Å². The number of hydrogen-bond acceptors (Lipinski definition) is 2. The van der Waals surface area contributed by atoms with Crippen LogP contribution in [0.15, 0.2) is 122 Å². The van der Waals surface area contributed by atoms with Crippen molar-refractivity contribution in [3.8, 4) is 0 Å². The summed E-state index contributed by atoms with van der Waals surface area (Å²) in [4.78, 5) is 4.94. The van der Waals surface area contributed by atoms with Gasteiger partial charge in [-0.15, -0.1) is 0 Å². The van der Waals surface area contributed by atoms with Crippen LogP contribution in [0, 0.1) is 5.92 Å². The lowest BCUT2D eigenvalue weighted by Crippen LogP contribution is -2.39. The molecular weight excluding hydrogens is 521 g/mol. The van der Waals surface area contributed by atoms with Gasteiger partial charge in [-0.25, -0.2) is 4.98 Å². The summed E-state index contributed by atoms with van der Waals surface area (Å²) in [5, 5.41) is 0. The Bertz CT molecular complexity index is 1480. The molecule has 0 aliphatic heterocycles. The number of hydrogen-bond donors (Lipinski definition) is 0. The van der Waals surface area contributed by atoms with Gasteiger partial charge in [0.05, 0.1) is 30.8 Å². The molecule has 4 aromatic carbocycles. The topological polar surface area (TPSA) is 27.1 Å². The van der Waals surface area contributed by atoms with Crippen molar-refractivity contribution in [2.45, 2.75) is 37.6 Å². The van der Waals surface area contributed by atoms with Crippen molar-refractivity contribution in [2.75, 3.05) is 6.61 Å². The maximum absolute atomic E-state index is 13.1. The highest BCUT2D eigenvalue weighted by atomic mass is 19.4. The van der Waals surface area contributed by atoms with Crippen LogP contribution >= 0.6 is 0 Å². The first kappa shape index (κ1) is 27.0. The molecule has 1 heterocycles. The summed E-state index contributed by atoms with van der Waals surface area (Å²) in [6, 6.07) is 37.0. The fraction of sp³-hybridized carbons (Fsp3) is 0.229. The normalized spacial score (nSPS) is 15.4. The highest BCUT2D eigenvalue weighted by molar-refractivity contribution is 5.51. The summed E-state index contributed by atoms with van der Waals surface area (Å²) in [5.74, 6) is 0.247. The van der Waals surface area contributed by atoms with E-state index in [2.05, 4.69) is 77.4 Å². The van der Waals surface area contributed by atoms with Crippen molar-refractivity contribution in [1.82, 2.24) is 9.55 Å². The van der Waals surface area contributed by atoms with Gasteiger partial charge < -0.3 is 9.30 Å². The molecule has 0 radical (unpaired) electrons. The average molecular weight is 553 g/mol. The first-order chi connectivity index (χ1) is 20.0. The molecule has 208 valence electrons. The average Bonchev–Trinajstić information content (AvgIpc) is 3.43. The highest BCUT2D eigenvalue weighted by Crippen LogP contribution is 2.43. The molecule has 6 heteroatoms. The van der Waals surface area contributed by atoms with Crippen LogP contribution in [0.5, 0.6) is 0 Å². The molecule has 1 aliphatic rings. The number of fused-ring (bicyclic) bond motifs is 1. The zero-order valence-electron chi connectivity index (χ0n) is 22.6. The third-order valence-corrected chi connectivity index (χ3v) is 8.04. The highest BCUT2D eigenvalue weighted by Gasteiger charge is 2.41. The van der Waals surface area contributed by atoms with Gasteiger partial charge in [0.15, 0.2) is 0 Å². The molecule has 41 heavy (non-hydrogen) atoms. The van der Waals surface area contributed by atoms with Gasteiger partial charge in [0, 0.05) is 5.69 Å². The molecule has 6 rings (SSSR count). The van der Waals surface area contributed by atoms with Crippen LogP contribution in [0.4, 0.5) is 13.2 Å². The third-order valence-electron chi connectivity index (χ3n) is 8.04. The van der Waals surface area contributed by atoms with Crippen LogP contribution < -0.4 is 0 Å². The zero-order valence-corrected chi connectivity index (χ0v) is 22.6. The monoisotopic (exact) mass is 552 g/mol. The van der Waals surface area contributed by atoms with Crippen molar-refractivity contribution >= 4 is 0 Å². The summed E-state index contributed by atoms with van der Waals surface area (Å²) in [6.07, 6.45) is 0.128. The number of benzene rings is 4. The van der Waals surface area contributed by atoms with Crippen molar-refractivity contribution in [1.29, 1.82) is 0 Å². The second kappa shape index (κ2) is 11.4. The quantitative estimate of drug-likeness (QED) is 0.182. The van der Waals surface area contributed by atoms with Crippen molar-refractivity contribution in [2.24, 2.45) is 5.92 Å². The number of halogens is 3. The Hall–Kier alpha value is -4.16. The third kappa shape index (κ3) is 5.32. The number of ether oxygens (including phenoxy) is 1. The Morgan fingerprint density at radius 1 is 0.732 bits per heavy atom. The molecule has 0 fully saturated rings. The Morgan fingerprint density at radius 2 is 1.29 bits per heavy atom. The molecule has 0 N–H and O–H groups in total. The van der Waals surface area contributed by atoms with E-state index in [1.165, 1.54) is 11.8 Å². The molecular formula is C35H31F3N2O. The summed E-state index contributed by atoms with van der Waals surface area (Å²) in [5.41, 5.74) is 5.00. The minimum Gasteiger partial charge on any atom is -0.376 e. The van der Waals surface area contributed by atoms with E-state index in [0.29, 0.717) is 12.2 Å². The minimum absolute atomic E-state index is 0.154. The lowest BCUT2D eigenvalue weighted by Gasteiger charge is -2.39. The van der Waals surface area contributed by atoms with Gasteiger partial charge in [0.1, 0.15) is 5.54 Å². The molecule has 0 saturated carbocycles. The predicted molar refractivity (Wildman–Crippen MR) is 153 cm³/mol. The summed E-state index contributed by atoms with van der Waals surface area (Å²) in [7, 11) is 0. The van der Waals surface area contributed by atoms with Crippen LogP contribution in [-0.4, -0.2) is 16.2 Å². The number of nitrogens with zero attached hydrogens (tertiary/aromatic N) is 2. The van der Waals surface area contributed by atoms with Gasteiger partial charge in [-0.1, -0.05) is 103 Å². The largest absolute Gasteiger partial charge is 0.416 e. The lowest BCUT2D eigenvalue weighted by molar-refractivity contribution is -0.137. The summed E-state index contributed by atoms with van der Waals surface area (Å²) < 4.78 is 47.5. The Balaban J connectivity index is 1.30. The second-order valence-electron chi connectivity index (χ2n) is 10.6. The summed E-state index contributed by atoms with van der Waals surface area (Å²) in [6.45, 7) is 0.630. The molecule has 0 amide bonds. The number of rotatable bonds is 8. The molecule has 0 spiro atoms. The van der Waals surface area contributed by atoms with Crippen molar-refractivity contribution < 1.29 is 17.9 Å². The minimum atomic E-state index is -4.36. The van der Waals surface area contributed by atoms with Crippen molar-refractivity contribution in [3.05, 3.63) is 161 Å². The number of aromatic nitrogens is 2. The van der Waals surface area contributed by atoms with Crippen molar-refractivity contribution in [3.63, 3.8) is 0 Å². The smallest absolute Gasteiger partial charge is 0.376 e. The zero-order chi connectivity index (χ0) is 28.3. The number of alkyl halides is 3. The van der Waals surface area contributed by atoms with Gasteiger partial charge in [-0.2, -0.15) is 13.2 Å². The van der Waals surface area contributed by atoms with Crippen LogP contribution in [-0.2, 0) is 35.9 Å². The SMILES string of the molecule is FC(F)(F)c1cccc(COCC2CCc3c(ncn3C(c3ccccc3)(c3ccccc3)c3ccccc3)C2)c1. The molecule has 5 aromatic rings. The maximum atomic E-state index is 13.1. The first-order valence-corrected chi connectivity index (χ1v) is 13.9. The first-order valence-electron chi connectivity index (χ1n) is 13.9. The fourth-order valence-electron chi connectivity index (χ4n) is 6.13. The molecule has 0 bridgehead atoms. The van der Waals surface area contributed by atoms with Crippen LogP contribution in [0.3, 0.4) is 0 Å². The molecule has 1 unspecified atom stereocenters. The standard InChI is InChI=1S/C35H31F3N2O/c36-35(37,38)31-18-10-11-26(21-31)23-41-24-27-19-20-33-32(22-27)39-25-40(33)34(28-12-4-1-5-13-28,29-14-6-2-7-15-29)30-16-8-3-9-17-30/h1-18,21,25,27H,19-20,22-24H2. The van der Waals surface area contributed by atoms with Gasteiger partial charge >= 0.3 is 6.18 Å². The number of imidazole rings is 1. The van der Waals surface area contributed by atoms with E-state index in [1.54, 1.807) is 6.07 Å². The van der Waals surface area contributed by atoms with Gasteiger partial charge in [-0.05, 0) is 59.6 Å². The van der Waals surface area contributed by atoms with Gasteiger partial charge in [0.25, 0.3) is 0 Å². The van der Waals surface area contributed by atoms with Gasteiger partial charge in [0.2, 0.25) is 0 Å². The maximum Gasteiger partial charge on any atom is 0.416 e. The molecule has 0 saturated heterocycles. The van der Waals surface area contributed by atoms with E-state index in [-0.39, 0.29) is 12.5 Å². The van der Waals surface area contributed by atoms with Gasteiger partial charge in [-0.3, -0.25) is 0 Å². The van der Waals surface area contributed by atoms with Crippen LogP contribution in [0.25, 0.3) is 0 Å². The van der Waals surface area contributed by atoms with E-state index in [4.69, 9.17) is 9.72 Å². The second-order valence-corrected chi connectivity index (χ2v) is 10.6. The van der Waals surface area contributed by atoms with Crippen LogP contribution in [0.1, 0.15) is 45.6 Å². The molecule has 1 aromatic heterocycles. The molecule has 1 atom stereocenters.